The van der Waals surface area contributed by atoms with Crippen molar-refractivity contribution in [2.45, 2.75) is 12.2 Å². The topological polar surface area (TPSA) is 63.1 Å². The Bertz CT molecular complexity index is 1210. The normalized spacial score (nSPS) is 12.7. The molecule has 0 saturated heterocycles. The second-order valence-electron chi connectivity index (χ2n) is 6.55. The number of nitrogens with one attached hydrogen (secondary N) is 3. The average Bonchev–Trinajstić information content (AvgIpc) is 3.12. The average molecular weight is 433 g/mol. The minimum absolute atomic E-state index is 0.00398. The molecule has 0 radical (unpaired) electrons. The number of alkyl halides is 3. The molecule has 0 aliphatic heterocycles. The Morgan fingerprint density at radius 1 is 1.07 bits per heavy atom. The van der Waals surface area contributed by atoms with Crippen LogP contribution in [0.3, 0.4) is 0 Å². The van der Waals surface area contributed by atoms with E-state index in [1.165, 1.54) is 18.3 Å². The number of aromatic amines is 2. The summed E-state index contributed by atoms with van der Waals surface area (Å²) in [5, 5.41) is 2.53. The van der Waals surface area contributed by atoms with Crippen molar-refractivity contribution < 1.29 is 27.4 Å². The van der Waals surface area contributed by atoms with Gasteiger partial charge in [0.05, 0.1) is 16.8 Å². The van der Waals surface area contributed by atoms with Crippen LogP contribution in [-0.4, -0.2) is 17.1 Å². The molecule has 152 valence electrons. The molecule has 0 bridgehead atoms. The maximum atomic E-state index is 13.7. The molecule has 0 spiro atoms. The summed E-state index contributed by atoms with van der Waals surface area (Å²) < 4.78 is 42.6. The predicted octanol–water partition coefficient (Wildman–Crippen LogP) is 3.92. The van der Waals surface area contributed by atoms with E-state index in [0.29, 0.717) is 21.9 Å². The van der Waals surface area contributed by atoms with Crippen LogP contribution in [-0.2, 0) is 0 Å². The maximum Gasteiger partial charge on any atom is 0.418 e. The molecule has 1 unspecified atom stereocenters. The third kappa shape index (κ3) is 3.73. The van der Waals surface area contributed by atoms with E-state index in [9.17, 15) is 18.0 Å². The van der Waals surface area contributed by atoms with Gasteiger partial charge in [-0.1, -0.05) is 35.9 Å². The van der Waals surface area contributed by atoms with Crippen molar-refractivity contribution in [3.8, 4) is 11.4 Å². The van der Waals surface area contributed by atoms with E-state index in [1.807, 2.05) is 0 Å². The van der Waals surface area contributed by atoms with Crippen LogP contribution in [0.1, 0.15) is 22.2 Å². The van der Waals surface area contributed by atoms with E-state index < -0.39 is 18.1 Å². The SMILES string of the molecule is O=C(NC(c1cccc[nH+]1)C(F)(F)F)c1[nH]c(-c2ccccc2Cl)[n+]2ccccc12. The first kappa shape index (κ1) is 19.9. The first-order chi connectivity index (χ1) is 14.4. The second kappa shape index (κ2) is 7.79. The number of benzene rings is 1. The molecule has 1 atom stereocenters. The molecular formula is C21H16ClF3N4O+2. The maximum absolute atomic E-state index is 13.7. The molecular weight excluding hydrogens is 417 g/mol. The highest BCUT2D eigenvalue weighted by molar-refractivity contribution is 6.33. The van der Waals surface area contributed by atoms with E-state index in [0.717, 1.165) is 0 Å². The number of halogens is 4. The number of rotatable bonds is 4. The third-order valence-corrected chi connectivity index (χ3v) is 4.93. The lowest BCUT2D eigenvalue weighted by Crippen LogP contribution is -2.41. The molecule has 9 heteroatoms. The lowest BCUT2D eigenvalue weighted by molar-refractivity contribution is -0.498. The number of hydrogen-bond acceptors (Lipinski definition) is 1. The van der Waals surface area contributed by atoms with Gasteiger partial charge in [-0.2, -0.15) is 17.6 Å². The van der Waals surface area contributed by atoms with E-state index in [-0.39, 0.29) is 11.4 Å². The van der Waals surface area contributed by atoms with Gasteiger partial charge in [0, 0.05) is 12.1 Å². The molecule has 0 aliphatic rings. The van der Waals surface area contributed by atoms with Crippen LogP contribution in [0, 0.1) is 0 Å². The van der Waals surface area contributed by atoms with Crippen molar-refractivity contribution >= 4 is 23.0 Å². The fraction of sp³-hybridized carbons (Fsp3) is 0.0952. The van der Waals surface area contributed by atoms with Gasteiger partial charge in [0.2, 0.25) is 17.4 Å². The number of amides is 1. The van der Waals surface area contributed by atoms with Gasteiger partial charge in [-0.25, -0.2) is 9.97 Å². The summed E-state index contributed by atoms with van der Waals surface area (Å²) in [4.78, 5) is 18.4. The molecule has 0 fully saturated rings. The number of imidazole rings is 1. The Morgan fingerprint density at radius 3 is 2.50 bits per heavy atom. The van der Waals surface area contributed by atoms with E-state index in [4.69, 9.17) is 11.6 Å². The standard InChI is InChI=1S/C21H14ClF3N4O/c22-14-8-2-1-7-13(14)19-27-17(16-10-4-6-12-29(16)19)20(30)28-18(21(23,24)25)15-9-3-5-11-26-15/h1-12,18H,(H,28,30)/p+2. The summed E-state index contributed by atoms with van der Waals surface area (Å²) in [5.74, 6) is -0.409. The Hall–Kier alpha value is -3.39. The van der Waals surface area contributed by atoms with Crippen molar-refractivity contribution in [3.63, 3.8) is 0 Å². The molecule has 0 saturated carbocycles. The van der Waals surface area contributed by atoms with Crippen LogP contribution in [0.25, 0.3) is 16.9 Å². The van der Waals surface area contributed by atoms with Gasteiger partial charge in [0.1, 0.15) is 0 Å². The molecule has 3 N–H and O–H groups in total. The minimum Gasteiger partial charge on any atom is -0.328 e. The highest BCUT2D eigenvalue weighted by Crippen LogP contribution is 2.31. The summed E-state index contributed by atoms with van der Waals surface area (Å²) in [6.07, 6.45) is -1.61. The quantitative estimate of drug-likeness (QED) is 0.472. The lowest BCUT2D eigenvalue weighted by Gasteiger charge is -2.17. The first-order valence-electron chi connectivity index (χ1n) is 8.97. The van der Waals surface area contributed by atoms with Crippen molar-refractivity contribution in [1.29, 1.82) is 0 Å². The van der Waals surface area contributed by atoms with Gasteiger partial charge in [-0.3, -0.25) is 4.79 Å². The molecule has 3 heterocycles. The Balaban J connectivity index is 1.78. The number of H-pyrrole nitrogens is 2. The number of fused-ring (bicyclic) bond motifs is 1. The van der Waals surface area contributed by atoms with E-state index >= 15 is 0 Å². The fourth-order valence-electron chi connectivity index (χ4n) is 3.23. The predicted molar refractivity (Wildman–Crippen MR) is 104 cm³/mol. The van der Waals surface area contributed by atoms with Gasteiger partial charge in [-0.05, 0) is 24.3 Å². The van der Waals surface area contributed by atoms with Crippen LogP contribution < -0.4 is 14.7 Å². The molecule has 4 rings (SSSR count). The van der Waals surface area contributed by atoms with Crippen LogP contribution in [0.5, 0.6) is 0 Å². The molecule has 0 aliphatic carbocycles. The Morgan fingerprint density at radius 2 is 1.80 bits per heavy atom. The first-order valence-corrected chi connectivity index (χ1v) is 9.35. The summed E-state index contributed by atoms with van der Waals surface area (Å²) in [6, 6.07) is 14.2. The number of aromatic nitrogens is 3. The van der Waals surface area contributed by atoms with Crippen molar-refractivity contribution in [3.05, 3.63) is 89.5 Å². The fourth-order valence-corrected chi connectivity index (χ4v) is 3.46. The number of nitrogens with zero attached hydrogens (tertiary/aromatic N) is 1. The van der Waals surface area contributed by atoms with E-state index in [1.54, 1.807) is 59.1 Å². The monoisotopic (exact) mass is 432 g/mol. The van der Waals surface area contributed by atoms with Crippen molar-refractivity contribution in [2.75, 3.05) is 0 Å². The van der Waals surface area contributed by atoms with Gasteiger partial charge in [-0.15, -0.1) is 0 Å². The largest absolute Gasteiger partial charge is 0.418 e. The van der Waals surface area contributed by atoms with Crippen molar-refractivity contribution in [1.82, 2.24) is 10.3 Å². The number of carbonyl (C=O) groups is 1. The number of carbonyl (C=O) groups excluding carboxylic acids is 1. The van der Waals surface area contributed by atoms with Gasteiger partial charge < -0.3 is 5.32 Å². The van der Waals surface area contributed by atoms with E-state index in [2.05, 4.69) is 15.3 Å². The van der Waals surface area contributed by atoms with Crippen molar-refractivity contribution in [2.24, 2.45) is 0 Å². The molecule has 1 amide bonds. The molecule has 3 aromatic heterocycles. The lowest BCUT2D eigenvalue weighted by atomic mass is 10.1. The zero-order valence-electron chi connectivity index (χ0n) is 15.4. The molecule has 5 nitrogen and oxygen atoms in total. The van der Waals surface area contributed by atoms with Crippen LogP contribution in [0.15, 0.2) is 73.1 Å². The zero-order chi connectivity index (χ0) is 21.3. The van der Waals surface area contributed by atoms with Crippen LogP contribution in [0.2, 0.25) is 5.02 Å². The highest BCUT2D eigenvalue weighted by atomic mass is 35.5. The second-order valence-corrected chi connectivity index (χ2v) is 6.96. The zero-order valence-corrected chi connectivity index (χ0v) is 16.1. The van der Waals surface area contributed by atoms with Crippen LogP contribution >= 0.6 is 11.6 Å². The Kier molecular flexibility index (Phi) is 5.17. The molecule has 1 aromatic carbocycles. The summed E-state index contributed by atoms with van der Waals surface area (Å²) >= 11 is 6.29. The van der Waals surface area contributed by atoms with Gasteiger partial charge >= 0.3 is 6.18 Å². The van der Waals surface area contributed by atoms with Crippen LogP contribution in [0.4, 0.5) is 13.2 Å². The minimum atomic E-state index is -4.69. The number of hydrogen-bond donors (Lipinski definition) is 2. The molecule has 30 heavy (non-hydrogen) atoms. The number of pyridine rings is 2. The summed E-state index contributed by atoms with van der Waals surface area (Å²) in [7, 11) is 0. The van der Waals surface area contributed by atoms with Gasteiger partial charge in [0.25, 0.3) is 11.7 Å². The van der Waals surface area contributed by atoms with Gasteiger partial charge in [0.15, 0.2) is 11.7 Å². The molecule has 4 aromatic rings. The smallest absolute Gasteiger partial charge is 0.328 e. The summed E-state index contributed by atoms with van der Waals surface area (Å²) in [6.45, 7) is 0. The third-order valence-electron chi connectivity index (χ3n) is 4.60. The Labute approximate surface area is 174 Å². The summed E-state index contributed by atoms with van der Waals surface area (Å²) in [5.41, 5.74) is 0.856. The highest BCUT2D eigenvalue weighted by Gasteiger charge is 2.46.